The van der Waals surface area contributed by atoms with Crippen molar-refractivity contribution in [2.75, 3.05) is 32.7 Å². The summed E-state index contributed by atoms with van der Waals surface area (Å²) in [6.07, 6.45) is 9.93. The molecule has 0 radical (unpaired) electrons. The van der Waals surface area contributed by atoms with Crippen LogP contribution in [0.2, 0.25) is 0 Å². The fraction of sp³-hybridized carbons (Fsp3) is 0.944. The van der Waals surface area contributed by atoms with Gasteiger partial charge in [-0.3, -0.25) is 9.69 Å². The number of hydrogen-bond acceptors (Lipinski definition) is 2. The number of unbranched alkanes of at least 4 members (excludes halogenated alkanes) is 3. The molecule has 0 aromatic carbocycles. The Morgan fingerprint density at radius 3 is 2.29 bits per heavy atom. The van der Waals surface area contributed by atoms with Crippen molar-refractivity contribution in [3.63, 3.8) is 0 Å². The molecular weight excluding hydrogens is 260 g/mol. The topological polar surface area (TPSA) is 23.6 Å². The number of carbonyl (C=O) groups is 1. The number of amides is 1. The highest BCUT2D eigenvalue weighted by Gasteiger charge is 2.22. The van der Waals surface area contributed by atoms with Crippen LogP contribution < -0.4 is 0 Å². The second kappa shape index (κ2) is 11.1. The molecule has 3 heteroatoms. The van der Waals surface area contributed by atoms with Gasteiger partial charge < -0.3 is 4.90 Å². The molecule has 1 heterocycles. The number of nitrogens with zero attached hydrogens (tertiary/aromatic N) is 2. The normalized spacial score (nSPS) is 16.7. The summed E-state index contributed by atoms with van der Waals surface area (Å²) in [5, 5.41) is 0. The van der Waals surface area contributed by atoms with Gasteiger partial charge in [0, 0.05) is 13.1 Å². The zero-order chi connectivity index (χ0) is 15.5. The van der Waals surface area contributed by atoms with Crippen molar-refractivity contribution in [1.29, 1.82) is 0 Å². The summed E-state index contributed by atoms with van der Waals surface area (Å²) in [5.74, 6) is 1.20. The lowest BCUT2D eigenvalue weighted by Gasteiger charge is -2.33. The minimum absolute atomic E-state index is 0.355. The van der Waals surface area contributed by atoms with Crippen molar-refractivity contribution >= 4 is 5.91 Å². The molecule has 0 bridgehead atoms. The summed E-state index contributed by atoms with van der Waals surface area (Å²) in [5.41, 5.74) is 0. The SMILES string of the molecule is CCCCCCN(CCC)CC(=O)N1CCC(CC)CC1. The Labute approximate surface area is 132 Å². The summed E-state index contributed by atoms with van der Waals surface area (Å²) in [4.78, 5) is 16.9. The van der Waals surface area contributed by atoms with E-state index in [0.717, 1.165) is 38.5 Å². The summed E-state index contributed by atoms with van der Waals surface area (Å²) >= 11 is 0. The summed E-state index contributed by atoms with van der Waals surface area (Å²) in [7, 11) is 0. The van der Waals surface area contributed by atoms with Gasteiger partial charge in [-0.05, 0) is 44.7 Å². The predicted molar refractivity (Wildman–Crippen MR) is 90.5 cm³/mol. The molecule has 0 saturated carbocycles. The highest BCUT2D eigenvalue weighted by Crippen LogP contribution is 2.20. The van der Waals surface area contributed by atoms with Crippen LogP contribution in [0.25, 0.3) is 0 Å². The summed E-state index contributed by atoms with van der Waals surface area (Å²) < 4.78 is 0. The van der Waals surface area contributed by atoms with Crippen molar-refractivity contribution in [2.45, 2.75) is 72.1 Å². The predicted octanol–water partition coefficient (Wildman–Crippen LogP) is 3.93. The van der Waals surface area contributed by atoms with Gasteiger partial charge in [-0.1, -0.05) is 46.5 Å². The van der Waals surface area contributed by atoms with E-state index >= 15 is 0 Å². The van der Waals surface area contributed by atoms with E-state index in [1.54, 1.807) is 0 Å². The maximum Gasteiger partial charge on any atom is 0.236 e. The van der Waals surface area contributed by atoms with E-state index in [0.29, 0.717) is 12.5 Å². The minimum atomic E-state index is 0.355. The molecule has 0 spiro atoms. The van der Waals surface area contributed by atoms with Gasteiger partial charge in [0.25, 0.3) is 0 Å². The Morgan fingerprint density at radius 2 is 1.71 bits per heavy atom. The van der Waals surface area contributed by atoms with Gasteiger partial charge in [0.1, 0.15) is 0 Å². The molecule has 1 aliphatic rings. The van der Waals surface area contributed by atoms with Crippen LogP contribution >= 0.6 is 0 Å². The lowest BCUT2D eigenvalue weighted by Crippen LogP contribution is -2.44. The van der Waals surface area contributed by atoms with E-state index in [2.05, 4.69) is 30.6 Å². The number of carbonyl (C=O) groups excluding carboxylic acids is 1. The maximum absolute atomic E-state index is 12.5. The molecule has 0 aromatic heterocycles. The number of piperidine rings is 1. The standard InChI is InChI=1S/C18H36N2O/c1-4-7-8-9-13-19(12-5-2)16-18(21)20-14-10-17(6-3)11-15-20/h17H,4-16H2,1-3H3. The summed E-state index contributed by atoms with van der Waals surface area (Å²) in [6.45, 7) is 11.5. The first-order chi connectivity index (χ1) is 10.2. The van der Waals surface area contributed by atoms with Crippen LogP contribution in [-0.2, 0) is 4.79 Å². The fourth-order valence-electron chi connectivity index (χ4n) is 3.23. The zero-order valence-corrected chi connectivity index (χ0v) is 14.6. The van der Waals surface area contributed by atoms with E-state index in [-0.39, 0.29) is 0 Å². The molecule has 0 N–H and O–H groups in total. The van der Waals surface area contributed by atoms with Crippen LogP contribution in [0.5, 0.6) is 0 Å². The van der Waals surface area contributed by atoms with E-state index in [4.69, 9.17) is 0 Å². The molecule has 1 amide bonds. The van der Waals surface area contributed by atoms with E-state index in [1.807, 2.05) is 0 Å². The van der Waals surface area contributed by atoms with Gasteiger partial charge in [0.15, 0.2) is 0 Å². The molecule has 0 aromatic rings. The van der Waals surface area contributed by atoms with Gasteiger partial charge in [0.05, 0.1) is 6.54 Å². The monoisotopic (exact) mass is 296 g/mol. The first-order valence-electron chi connectivity index (χ1n) is 9.21. The van der Waals surface area contributed by atoms with Crippen LogP contribution in [-0.4, -0.2) is 48.4 Å². The van der Waals surface area contributed by atoms with Crippen molar-refractivity contribution < 1.29 is 4.79 Å². The highest BCUT2D eigenvalue weighted by molar-refractivity contribution is 5.78. The largest absolute Gasteiger partial charge is 0.342 e. The molecule has 0 atom stereocenters. The molecule has 0 unspecified atom stereocenters. The second-order valence-electron chi connectivity index (χ2n) is 6.57. The molecule has 124 valence electrons. The first kappa shape index (κ1) is 18.5. The second-order valence-corrected chi connectivity index (χ2v) is 6.57. The molecule has 3 nitrogen and oxygen atoms in total. The van der Waals surface area contributed by atoms with Crippen LogP contribution in [0, 0.1) is 5.92 Å². The quantitative estimate of drug-likeness (QED) is 0.570. The Hall–Kier alpha value is -0.570. The number of hydrogen-bond donors (Lipinski definition) is 0. The Kier molecular flexibility index (Phi) is 9.73. The van der Waals surface area contributed by atoms with Crippen LogP contribution in [0.3, 0.4) is 0 Å². The van der Waals surface area contributed by atoms with Crippen molar-refractivity contribution in [3.8, 4) is 0 Å². The van der Waals surface area contributed by atoms with Gasteiger partial charge >= 0.3 is 0 Å². The zero-order valence-electron chi connectivity index (χ0n) is 14.6. The van der Waals surface area contributed by atoms with Crippen LogP contribution in [0.4, 0.5) is 0 Å². The van der Waals surface area contributed by atoms with Gasteiger partial charge in [-0.2, -0.15) is 0 Å². The summed E-state index contributed by atoms with van der Waals surface area (Å²) in [6, 6.07) is 0. The van der Waals surface area contributed by atoms with Crippen LogP contribution in [0.15, 0.2) is 0 Å². The van der Waals surface area contributed by atoms with Crippen LogP contribution in [0.1, 0.15) is 72.1 Å². The lowest BCUT2D eigenvalue weighted by atomic mass is 9.94. The highest BCUT2D eigenvalue weighted by atomic mass is 16.2. The Balaban J connectivity index is 2.30. The average molecular weight is 296 g/mol. The number of likely N-dealkylation sites (tertiary alicyclic amines) is 1. The molecule has 21 heavy (non-hydrogen) atoms. The van der Waals surface area contributed by atoms with E-state index in [9.17, 15) is 4.79 Å². The van der Waals surface area contributed by atoms with Crippen molar-refractivity contribution in [1.82, 2.24) is 9.80 Å². The van der Waals surface area contributed by atoms with Gasteiger partial charge in [0.2, 0.25) is 5.91 Å². The third-order valence-corrected chi connectivity index (χ3v) is 4.77. The maximum atomic E-state index is 12.5. The van der Waals surface area contributed by atoms with Gasteiger partial charge in [-0.25, -0.2) is 0 Å². The van der Waals surface area contributed by atoms with E-state index < -0.39 is 0 Å². The molecule has 1 fully saturated rings. The average Bonchev–Trinajstić information content (AvgIpc) is 2.51. The third-order valence-electron chi connectivity index (χ3n) is 4.77. The smallest absolute Gasteiger partial charge is 0.236 e. The molecule has 1 saturated heterocycles. The van der Waals surface area contributed by atoms with E-state index in [1.165, 1.54) is 44.9 Å². The van der Waals surface area contributed by atoms with Gasteiger partial charge in [-0.15, -0.1) is 0 Å². The van der Waals surface area contributed by atoms with Crippen molar-refractivity contribution in [2.24, 2.45) is 5.92 Å². The molecule has 1 aliphatic heterocycles. The Morgan fingerprint density at radius 1 is 1.00 bits per heavy atom. The molecular formula is C18H36N2O. The molecule has 0 aliphatic carbocycles. The Bertz CT molecular complexity index is 272. The minimum Gasteiger partial charge on any atom is -0.342 e. The first-order valence-corrected chi connectivity index (χ1v) is 9.21. The number of rotatable bonds is 10. The third kappa shape index (κ3) is 7.30. The molecule has 1 rings (SSSR count). The lowest BCUT2D eigenvalue weighted by molar-refractivity contribution is -0.133. The van der Waals surface area contributed by atoms with Crippen molar-refractivity contribution in [3.05, 3.63) is 0 Å². The fourth-order valence-corrected chi connectivity index (χ4v) is 3.23.